The number of nitrogens with two attached hydrogens (primary N) is 5. The molecule has 32 heteroatoms. The fourth-order valence-corrected chi connectivity index (χ4v) is 10.7. The number of aromatic nitrogens is 1. The molecule has 0 saturated carbocycles. The maximum atomic E-state index is 14.8. The van der Waals surface area contributed by atoms with Gasteiger partial charge in [-0.05, 0) is 55.6 Å². The minimum atomic E-state index is -1.99. The Kier molecular flexibility index (Phi) is 28.7. The number of aliphatic hydroxyl groups is 1. The number of aliphatic imine (C=N–C) groups is 1. The van der Waals surface area contributed by atoms with E-state index in [4.69, 9.17) is 28.7 Å². The Morgan fingerprint density at radius 2 is 1.24 bits per heavy atom. The summed E-state index contributed by atoms with van der Waals surface area (Å²) in [5.41, 5.74) is 29.4. The molecule has 12 atom stereocenters. The highest BCUT2D eigenvalue weighted by molar-refractivity contribution is 8.76. The van der Waals surface area contributed by atoms with Crippen molar-refractivity contribution < 1.29 is 67.7 Å². The number of carbonyl (C=O) groups is 12. The zero-order valence-electron chi connectivity index (χ0n) is 48.0. The molecule has 1 aromatic carbocycles. The molecular formula is C52H82N16O14S2. The van der Waals surface area contributed by atoms with Crippen molar-refractivity contribution in [2.24, 2.45) is 51.4 Å². The molecule has 1 aromatic heterocycles. The molecule has 466 valence electrons. The molecule has 2 heterocycles. The number of carboxylic acid groups (broad SMARTS) is 1. The molecule has 0 bridgehead atoms. The van der Waals surface area contributed by atoms with E-state index in [1.165, 1.54) is 6.92 Å². The molecular weight excluding hydrogens is 1140 g/mol. The highest BCUT2D eigenvalue weighted by Crippen LogP contribution is 2.25. The molecule has 84 heavy (non-hydrogen) atoms. The molecule has 3 rings (SSSR count). The van der Waals surface area contributed by atoms with E-state index < -0.39 is 169 Å². The number of carboxylic acids is 1. The van der Waals surface area contributed by atoms with Gasteiger partial charge in [0, 0.05) is 48.0 Å². The van der Waals surface area contributed by atoms with Crippen molar-refractivity contribution >= 4 is 109 Å². The van der Waals surface area contributed by atoms with Gasteiger partial charge in [0.25, 0.3) is 0 Å². The molecule has 0 radical (unpaired) electrons. The Morgan fingerprint density at radius 3 is 1.82 bits per heavy atom. The van der Waals surface area contributed by atoms with Gasteiger partial charge in [0.15, 0.2) is 5.96 Å². The van der Waals surface area contributed by atoms with Gasteiger partial charge in [-0.3, -0.25) is 62.5 Å². The van der Waals surface area contributed by atoms with Gasteiger partial charge in [-0.2, -0.15) is 0 Å². The number of para-hydroxylation sites is 1. The number of fused-ring (bicyclic) bond motifs is 1. The van der Waals surface area contributed by atoms with Crippen LogP contribution in [0.2, 0.25) is 0 Å². The van der Waals surface area contributed by atoms with E-state index >= 15 is 0 Å². The smallest absolute Gasteiger partial charge is 0.305 e. The second-order valence-corrected chi connectivity index (χ2v) is 23.6. The van der Waals surface area contributed by atoms with Crippen molar-refractivity contribution in [1.82, 2.24) is 52.8 Å². The number of guanidine groups is 1. The predicted octanol–water partition coefficient (Wildman–Crippen LogP) is -4.19. The molecule has 1 fully saturated rings. The summed E-state index contributed by atoms with van der Waals surface area (Å²) < 4.78 is 0. The summed E-state index contributed by atoms with van der Waals surface area (Å²) in [7, 11) is 1.82. The minimum absolute atomic E-state index is 0.0102. The monoisotopic (exact) mass is 1220 g/mol. The first-order valence-electron chi connectivity index (χ1n) is 27.3. The number of hydrogen-bond acceptors (Lipinski definition) is 17. The maximum absolute atomic E-state index is 14.8. The second kappa shape index (κ2) is 34.2. The summed E-state index contributed by atoms with van der Waals surface area (Å²) in [6.45, 7) is 10.9. The van der Waals surface area contributed by atoms with Gasteiger partial charge in [0.05, 0.1) is 18.6 Å². The minimum Gasteiger partial charge on any atom is -0.481 e. The molecule has 30 nitrogen and oxygen atoms in total. The van der Waals surface area contributed by atoms with E-state index in [1.54, 1.807) is 72.0 Å². The molecule has 2 aromatic rings. The van der Waals surface area contributed by atoms with E-state index in [0.29, 0.717) is 22.9 Å². The normalized spacial score (nSPS) is 23.6. The lowest BCUT2D eigenvalue weighted by atomic mass is 9.98. The van der Waals surface area contributed by atoms with Gasteiger partial charge in [0.2, 0.25) is 65.0 Å². The number of hydrogen-bond donors (Lipinski definition) is 17. The molecule has 1 aliphatic heterocycles. The van der Waals surface area contributed by atoms with E-state index in [9.17, 15) is 67.7 Å². The third kappa shape index (κ3) is 22.5. The largest absolute Gasteiger partial charge is 0.481 e. The first kappa shape index (κ1) is 70.6. The molecule has 0 aliphatic carbocycles. The van der Waals surface area contributed by atoms with Crippen LogP contribution in [0.25, 0.3) is 10.9 Å². The number of benzene rings is 1. The van der Waals surface area contributed by atoms with Crippen molar-refractivity contribution in [3.05, 3.63) is 36.0 Å². The number of aromatic amines is 1. The molecule has 22 N–H and O–H groups in total. The van der Waals surface area contributed by atoms with Crippen molar-refractivity contribution in [2.45, 2.75) is 160 Å². The number of nitrogens with zero attached hydrogens (tertiary/aromatic N) is 1. The number of rotatable bonds is 21. The van der Waals surface area contributed by atoms with Gasteiger partial charge in [0.1, 0.15) is 54.4 Å². The van der Waals surface area contributed by atoms with Crippen molar-refractivity contribution in [1.29, 1.82) is 0 Å². The van der Waals surface area contributed by atoms with Gasteiger partial charge in [-0.25, -0.2) is 0 Å². The van der Waals surface area contributed by atoms with Crippen LogP contribution >= 0.6 is 21.6 Å². The molecule has 0 spiro atoms. The first-order valence-corrected chi connectivity index (χ1v) is 29.8. The van der Waals surface area contributed by atoms with Gasteiger partial charge in [-0.1, -0.05) is 87.8 Å². The van der Waals surface area contributed by atoms with Crippen LogP contribution in [0, 0.1) is 17.8 Å². The molecule has 11 amide bonds. The van der Waals surface area contributed by atoms with Gasteiger partial charge >= 0.3 is 5.97 Å². The van der Waals surface area contributed by atoms with Gasteiger partial charge < -0.3 is 91.7 Å². The zero-order chi connectivity index (χ0) is 63.1. The Morgan fingerprint density at radius 1 is 0.702 bits per heavy atom. The van der Waals surface area contributed by atoms with E-state index in [-0.39, 0.29) is 49.2 Å². The number of nitrogens with one attached hydrogen (secondary N) is 10. The lowest BCUT2D eigenvalue weighted by Gasteiger charge is -2.30. The van der Waals surface area contributed by atoms with Crippen molar-refractivity contribution in [2.75, 3.05) is 18.1 Å². The van der Waals surface area contributed by atoms with Crippen molar-refractivity contribution in [3.63, 3.8) is 0 Å². The third-order valence-corrected chi connectivity index (χ3v) is 16.0. The average Bonchev–Trinajstić information content (AvgIpc) is 3.86. The summed E-state index contributed by atoms with van der Waals surface area (Å²) in [4.78, 5) is 172. The van der Waals surface area contributed by atoms with E-state index in [1.807, 2.05) is 0 Å². The lowest BCUT2D eigenvalue weighted by molar-refractivity contribution is -0.141. The topological polar surface area (TPSA) is 512 Å². The van der Waals surface area contributed by atoms with Crippen molar-refractivity contribution in [3.8, 4) is 0 Å². The number of H-pyrrole nitrogens is 1. The standard InChI is InChI=1S/C52H82N16O14S2/c1-8-25(6)38(54)49(80)65-35-22-84-83-21-34(48(79)68-41(26(7)69)42(55)73)64-43(74)30(14-11-17-58-52(56)57)60-45(76)32(18-27-20-59-29-13-10-9-12-28(27)29)62-46(77)33(19-37(71)72)63-44(75)31(15-16-36(53)70)61-50(81)39(23(2)3)67-51(82)40(24(4)5)66-47(35)78/h9-10,12-13,20,23-26,30-35,38-41,59,69H,8,11,14-19,21-22,54H2,1-7H3,(H2,53,70)(H2,55,73)(H,60,76)(H,61,81)(H,62,77)(H,63,75)(H,64,74)(H,65,80)(H,66,78)(H,67,82)(H,68,79)(H,71,72)(H4,56,57,58)/t25-,26+,30?,31?,32-,33-,34-,35?,38-,39-,40?,41-/m0/s1. The zero-order valence-corrected chi connectivity index (χ0v) is 49.6. The number of amides is 11. The number of aliphatic hydroxyl groups excluding tert-OH is 1. The van der Waals surface area contributed by atoms with E-state index in [0.717, 1.165) is 21.6 Å². The Hall–Kier alpha value is -7.71. The fourth-order valence-electron chi connectivity index (χ4n) is 8.42. The molecule has 1 aliphatic rings. The third-order valence-electron chi connectivity index (χ3n) is 13.6. The van der Waals surface area contributed by atoms with Gasteiger partial charge in [-0.15, -0.1) is 0 Å². The van der Waals surface area contributed by atoms with Crippen LogP contribution in [-0.4, -0.2) is 177 Å². The lowest BCUT2D eigenvalue weighted by Crippen LogP contribution is -2.62. The van der Waals surface area contributed by atoms with Crippen LogP contribution in [0.5, 0.6) is 0 Å². The van der Waals surface area contributed by atoms with E-state index in [2.05, 4.69) is 57.8 Å². The highest BCUT2D eigenvalue weighted by atomic mass is 33.1. The van der Waals surface area contributed by atoms with Crippen LogP contribution in [0.3, 0.4) is 0 Å². The second-order valence-electron chi connectivity index (χ2n) is 21.1. The predicted molar refractivity (Wildman–Crippen MR) is 313 cm³/mol. The Bertz CT molecular complexity index is 2710. The number of carbonyl (C=O) groups excluding carboxylic acids is 11. The number of primary amides is 2. The first-order chi connectivity index (χ1) is 39.4. The van der Waals surface area contributed by atoms with Crippen LogP contribution < -0.4 is 76.5 Å². The summed E-state index contributed by atoms with van der Waals surface area (Å²) in [6, 6.07) is -8.73. The quantitative estimate of drug-likeness (QED) is 0.0244. The summed E-state index contributed by atoms with van der Waals surface area (Å²) in [5.74, 6) is -15.4. The van der Waals surface area contributed by atoms with Crippen LogP contribution in [0.4, 0.5) is 0 Å². The van der Waals surface area contributed by atoms with Crippen LogP contribution in [-0.2, 0) is 64.0 Å². The highest BCUT2D eigenvalue weighted by Gasteiger charge is 2.38. The molecule has 1 saturated heterocycles. The SMILES string of the molecule is CC[C@H](C)[C@H](N)C(=O)NC1CSSC[C@@H](C(=O)N[C@H](C(N)=O)[C@@H](C)O)NC(=O)C(CCCN=C(N)N)NC(=O)[C@H](Cc2c[nH]c3ccccc23)NC(=O)[C@H](CC(=O)O)NC(=O)C(CCC(N)=O)NC(=O)[C@H](C(C)C)NC(=O)C(C(C)C)NC1=O. The average molecular weight is 1220 g/mol. The molecule has 4 unspecified atom stereocenters. The fraction of sp³-hybridized carbons (Fsp3) is 0.596. The summed E-state index contributed by atoms with van der Waals surface area (Å²) >= 11 is 0. The van der Waals surface area contributed by atoms with Crippen LogP contribution in [0.15, 0.2) is 35.5 Å². The maximum Gasteiger partial charge on any atom is 0.305 e. The number of aliphatic carboxylic acids is 1. The Labute approximate surface area is 493 Å². The van der Waals surface area contributed by atoms with Crippen LogP contribution in [0.1, 0.15) is 92.6 Å². The summed E-state index contributed by atoms with van der Waals surface area (Å²) in [6.07, 6.45) is -2.15. The Balaban J connectivity index is 2.32. The summed E-state index contributed by atoms with van der Waals surface area (Å²) in [5, 5.41) is 43.7.